The average molecular weight is 226 g/mol. The van der Waals surface area contributed by atoms with E-state index in [0.717, 1.165) is 37.1 Å². The molecule has 0 unspecified atom stereocenters. The largest absolute Gasteiger partial charge is 0.268 e. The summed E-state index contributed by atoms with van der Waals surface area (Å²) in [6.07, 6.45) is 6.23. The van der Waals surface area contributed by atoms with E-state index in [2.05, 4.69) is 17.7 Å². The van der Waals surface area contributed by atoms with Crippen molar-refractivity contribution in [3.05, 3.63) is 28.2 Å². The first-order valence-corrected chi connectivity index (χ1v) is 6.02. The summed E-state index contributed by atoms with van der Waals surface area (Å²) in [5.74, 6) is 0.947. The molecule has 0 aliphatic carbocycles. The zero-order valence-electron chi connectivity index (χ0n) is 9.15. The highest BCUT2D eigenvalue weighted by molar-refractivity contribution is 7.80. The first kappa shape index (κ1) is 12.3. The van der Waals surface area contributed by atoms with E-state index in [4.69, 9.17) is 0 Å². The lowest BCUT2D eigenvalue weighted by Gasteiger charge is -2.03. The molecule has 0 saturated heterocycles. The number of nitrogens with zero attached hydrogens (tertiary/aromatic N) is 2. The van der Waals surface area contributed by atoms with E-state index in [1.807, 2.05) is 6.92 Å². The molecule has 0 bridgehead atoms. The third-order valence-corrected chi connectivity index (χ3v) is 2.60. The van der Waals surface area contributed by atoms with Gasteiger partial charge in [0, 0.05) is 12.6 Å². The van der Waals surface area contributed by atoms with Crippen LogP contribution in [0.5, 0.6) is 0 Å². The Morgan fingerprint density at radius 1 is 1.33 bits per heavy atom. The fraction of sp³-hybridized carbons (Fsp3) is 0.636. The van der Waals surface area contributed by atoms with Gasteiger partial charge in [-0.1, -0.05) is 12.8 Å². The van der Waals surface area contributed by atoms with Crippen molar-refractivity contribution in [3.8, 4) is 0 Å². The third-order valence-electron chi connectivity index (χ3n) is 2.28. The molecule has 4 heteroatoms. The van der Waals surface area contributed by atoms with Gasteiger partial charge in [-0.3, -0.25) is 4.79 Å². The Morgan fingerprint density at radius 3 is 2.73 bits per heavy atom. The second-order valence-corrected chi connectivity index (χ2v) is 4.18. The zero-order chi connectivity index (χ0) is 11.1. The molecule has 1 aromatic heterocycles. The molecule has 0 N–H and O–H groups in total. The van der Waals surface area contributed by atoms with Gasteiger partial charge in [0.2, 0.25) is 0 Å². The quantitative estimate of drug-likeness (QED) is 0.595. The molecule has 0 aliphatic rings. The van der Waals surface area contributed by atoms with Gasteiger partial charge < -0.3 is 0 Å². The topological polar surface area (TPSA) is 34.9 Å². The van der Waals surface area contributed by atoms with Gasteiger partial charge in [0.05, 0.1) is 6.20 Å². The molecule has 1 heterocycles. The Morgan fingerprint density at radius 2 is 2.07 bits per heavy atom. The molecule has 0 amide bonds. The number of aryl methyl sites for hydroxylation is 2. The minimum absolute atomic E-state index is 0.00388. The highest BCUT2D eigenvalue weighted by Gasteiger charge is 1.97. The number of unbranched alkanes of at least 4 members (excludes halogenated alkanes) is 3. The van der Waals surface area contributed by atoms with Crippen LogP contribution in [0.4, 0.5) is 0 Å². The van der Waals surface area contributed by atoms with Crippen LogP contribution in [0, 0.1) is 6.92 Å². The van der Waals surface area contributed by atoms with Gasteiger partial charge in [0.15, 0.2) is 0 Å². The minimum atomic E-state index is 0.00388. The number of thiol groups is 1. The monoisotopic (exact) mass is 226 g/mol. The number of aromatic nitrogens is 2. The van der Waals surface area contributed by atoms with Gasteiger partial charge in [-0.05, 0) is 31.1 Å². The first-order valence-electron chi connectivity index (χ1n) is 5.38. The molecular formula is C11H18N2OS. The van der Waals surface area contributed by atoms with Crippen LogP contribution < -0.4 is 5.56 Å². The summed E-state index contributed by atoms with van der Waals surface area (Å²) in [5, 5.41) is 4.08. The third kappa shape index (κ3) is 4.51. The van der Waals surface area contributed by atoms with Crippen molar-refractivity contribution in [2.24, 2.45) is 0 Å². The van der Waals surface area contributed by atoms with Crippen LogP contribution in [0.15, 0.2) is 17.1 Å². The summed E-state index contributed by atoms with van der Waals surface area (Å²) in [5.41, 5.74) is 0.926. The normalized spacial score (nSPS) is 10.5. The van der Waals surface area contributed by atoms with Crippen molar-refractivity contribution in [2.75, 3.05) is 5.75 Å². The maximum atomic E-state index is 11.4. The first-order chi connectivity index (χ1) is 7.24. The molecule has 84 valence electrons. The van der Waals surface area contributed by atoms with Crippen molar-refractivity contribution >= 4 is 12.6 Å². The van der Waals surface area contributed by atoms with E-state index >= 15 is 0 Å². The van der Waals surface area contributed by atoms with Gasteiger partial charge in [0.1, 0.15) is 0 Å². The van der Waals surface area contributed by atoms with Crippen LogP contribution in [0.3, 0.4) is 0 Å². The van der Waals surface area contributed by atoms with Gasteiger partial charge in [-0.15, -0.1) is 0 Å². The molecule has 3 nitrogen and oxygen atoms in total. The lowest BCUT2D eigenvalue weighted by atomic mass is 10.2. The molecule has 0 saturated carbocycles. The summed E-state index contributed by atoms with van der Waals surface area (Å²) >= 11 is 4.15. The maximum absolute atomic E-state index is 11.4. The average Bonchev–Trinajstić information content (AvgIpc) is 2.20. The Labute approximate surface area is 95.9 Å². The standard InChI is InChI=1S/C11H18N2OS/c1-10-8-11(14)13(12-9-10)6-4-2-3-5-7-15/h8-9,15H,2-7H2,1H3. The highest BCUT2D eigenvalue weighted by atomic mass is 32.1. The summed E-state index contributed by atoms with van der Waals surface area (Å²) in [4.78, 5) is 11.4. The Balaban J connectivity index is 2.34. The van der Waals surface area contributed by atoms with Crippen molar-refractivity contribution < 1.29 is 0 Å². The molecule has 0 aliphatic heterocycles. The molecule has 15 heavy (non-hydrogen) atoms. The summed E-state index contributed by atoms with van der Waals surface area (Å²) in [6.45, 7) is 2.61. The predicted octanol–water partition coefficient (Wildman–Crippen LogP) is 2.04. The van der Waals surface area contributed by atoms with Crippen LogP contribution in [0.2, 0.25) is 0 Å². The van der Waals surface area contributed by atoms with E-state index in [0.29, 0.717) is 0 Å². The van der Waals surface area contributed by atoms with Crippen LogP contribution in [0.25, 0.3) is 0 Å². The maximum Gasteiger partial charge on any atom is 0.266 e. The Bertz CT molecular complexity index is 349. The van der Waals surface area contributed by atoms with Gasteiger partial charge in [0.25, 0.3) is 5.56 Å². The molecule has 1 aromatic rings. The van der Waals surface area contributed by atoms with Gasteiger partial charge in [-0.2, -0.15) is 17.7 Å². The number of hydrogen-bond donors (Lipinski definition) is 1. The zero-order valence-corrected chi connectivity index (χ0v) is 10.0. The van der Waals surface area contributed by atoms with Crippen molar-refractivity contribution in [3.63, 3.8) is 0 Å². The molecule has 0 fully saturated rings. The van der Waals surface area contributed by atoms with Crippen LogP contribution >= 0.6 is 12.6 Å². The Kier molecular flexibility index (Phi) is 5.47. The van der Waals surface area contributed by atoms with Crippen molar-refractivity contribution in [1.29, 1.82) is 0 Å². The number of hydrogen-bond acceptors (Lipinski definition) is 3. The van der Waals surface area contributed by atoms with E-state index < -0.39 is 0 Å². The van der Waals surface area contributed by atoms with Crippen molar-refractivity contribution in [2.45, 2.75) is 39.2 Å². The fourth-order valence-corrected chi connectivity index (χ4v) is 1.64. The highest BCUT2D eigenvalue weighted by Crippen LogP contribution is 2.01. The number of rotatable bonds is 6. The summed E-state index contributed by atoms with van der Waals surface area (Å²) in [6, 6.07) is 1.63. The van der Waals surface area contributed by atoms with Gasteiger partial charge in [-0.25, -0.2) is 4.68 Å². The summed E-state index contributed by atoms with van der Waals surface area (Å²) < 4.78 is 1.54. The summed E-state index contributed by atoms with van der Waals surface area (Å²) in [7, 11) is 0. The second-order valence-electron chi connectivity index (χ2n) is 3.73. The Hall–Kier alpha value is -0.770. The molecule has 1 rings (SSSR count). The van der Waals surface area contributed by atoms with E-state index in [1.54, 1.807) is 12.3 Å². The van der Waals surface area contributed by atoms with Crippen molar-refractivity contribution in [1.82, 2.24) is 9.78 Å². The SMILES string of the molecule is Cc1cnn(CCCCCCS)c(=O)c1. The molecule has 0 radical (unpaired) electrons. The van der Waals surface area contributed by atoms with Crippen LogP contribution in [-0.4, -0.2) is 15.5 Å². The lowest BCUT2D eigenvalue weighted by Crippen LogP contribution is -2.22. The predicted molar refractivity (Wildman–Crippen MR) is 65.6 cm³/mol. The van der Waals surface area contributed by atoms with E-state index in [1.165, 1.54) is 11.1 Å². The molecule has 0 aromatic carbocycles. The fourth-order valence-electron chi connectivity index (χ4n) is 1.42. The van der Waals surface area contributed by atoms with E-state index in [-0.39, 0.29) is 5.56 Å². The molecule has 0 spiro atoms. The molecule has 0 atom stereocenters. The van der Waals surface area contributed by atoms with Gasteiger partial charge >= 0.3 is 0 Å². The molecular weight excluding hydrogens is 208 g/mol. The van der Waals surface area contributed by atoms with Crippen LogP contribution in [-0.2, 0) is 6.54 Å². The van der Waals surface area contributed by atoms with Crippen LogP contribution in [0.1, 0.15) is 31.2 Å². The lowest BCUT2D eigenvalue weighted by molar-refractivity contribution is 0.519. The van der Waals surface area contributed by atoms with E-state index in [9.17, 15) is 4.79 Å². The minimum Gasteiger partial charge on any atom is -0.268 e. The smallest absolute Gasteiger partial charge is 0.266 e. The second kappa shape index (κ2) is 6.67.